The summed E-state index contributed by atoms with van der Waals surface area (Å²) in [7, 11) is 3.07. The molecule has 0 saturated heterocycles. The molecule has 14 heteroatoms. The number of carbonyl (C=O) groups is 5. The summed E-state index contributed by atoms with van der Waals surface area (Å²) in [5.74, 6) is -1.96. The summed E-state index contributed by atoms with van der Waals surface area (Å²) in [6, 6.07) is 15.4. The molecule has 7 N–H and O–H groups in total. The van der Waals surface area contributed by atoms with Crippen LogP contribution in [0.4, 0.5) is 0 Å². The minimum absolute atomic E-state index is 0.125. The predicted octanol–water partition coefficient (Wildman–Crippen LogP) is 3.07. The minimum atomic E-state index is -1.17. The zero-order valence-electron chi connectivity index (χ0n) is 31.3. The van der Waals surface area contributed by atoms with Crippen molar-refractivity contribution in [3.63, 3.8) is 0 Å². The van der Waals surface area contributed by atoms with E-state index >= 15 is 0 Å². The van der Waals surface area contributed by atoms with Gasteiger partial charge >= 0.3 is 0 Å². The average molecular weight is 741 g/mol. The number of amides is 4. The van der Waals surface area contributed by atoms with Gasteiger partial charge in [-0.05, 0) is 70.3 Å². The van der Waals surface area contributed by atoms with Gasteiger partial charge in [0.25, 0.3) is 5.91 Å². The molecule has 286 valence electrons. The Morgan fingerprint density at radius 1 is 0.731 bits per heavy atom. The first-order valence-corrected chi connectivity index (χ1v) is 18.1. The molecule has 52 heavy (non-hydrogen) atoms. The first kappa shape index (κ1) is 43.8. The van der Waals surface area contributed by atoms with Crippen LogP contribution < -0.4 is 32.3 Å². The van der Waals surface area contributed by atoms with E-state index in [1.165, 1.54) is 14.2 Å². The molecular formula is C38H56N6O7S. The summed E-state index contributed by atoms with van der Waals surface area (Å²) in [5, 5.41) is 15.3. The number of nitrogens with two attached hydrogens (primary N) is 1. The molecule has 2 aromatic rings. The Morgan fingerprint density at radius 2 is 1.23 bits per heavy atom. The van der Waals surface area contributed by atoms with Gasteiger partial charge in [-0.15, -0.1) is 0 Å². The lowest BCUT2D eigenvalue weighted by molar-refractivity contribution is -0.151. The van der Waals surface area contributed by atoms with Crippen molar-refractivity contribution in [2.24, 2.45) is 22.5 Å². The number of benzene rings is 2. The van der Waals surface area contributed by atoms with Crippen LogP contribution in [0.1, 0.15) is 86.1 Å². The largest absolute Gasteiger partial charge is 0.369 e. The molecule has 0 bridgehead atoms. The molecule has 2 aromatic carbocycles. The van der Waals surface area contributed by atoms with E-state index in [-0.39, 0.29) is 36.5 Å². The Morgan fingerprint density at radius 3 is 1.77 bits per heavy atom. The number of hydrogen-bond acceptors (Lipinski definition) is 8. The maximum atomic E-state index is 13.9. The van der Waals surface area contributed by atoms with E-state index in [1.807, 2.05) is 13.0 Å². The van der Waals surface area contributed by atoms with Crippen LogP contribution in [0, 0.1) is 16.7 Å². The molecule has 0 aliphatic rings. The third kappa shape index (κ3) is 12.7. The molecule has 3 atom stereocenters. The lowest BCUT2D eigenvalue weighted by Crippen LogP contribution is -2.56. The van der Waals surface area contributed by atoms with E-state index in [0.717, 1.165) is 0 Å². The van der Waals surface area contributed by atoms with Crippen LogP contribution >= 0.6 is 12.2 Å². The van der Waals surface area contributed by atoms with Crippen LogP contribution in [0.15, 0.2) is 54.6 Å². The lowest BCUT2D eigenvalue weighted by atomic mass is 9.60. The van der Waals surface area contributed by atoms with Gasteiger partial charge in [0.05, 0.1) is 17.4 Å². The van der Waals surface area contributed by atoms with Crippen LogP contribution in [-0.4, -0.2) is 87.8 Å². The summed E-state index contributed by atoms with van der Waals surface area (Å²) in [4.78, 5) is 64.9. The highest BCUT2D eigenvalue weighted by atomic mass is 32.1. The Labute approximate surface area is 312 Å². The highest BCUT2D eigenvalue weighted by Gasteiger charge is 2.53. The molecule has 3 unspecified atom stereocenters. The number of ketones is 1. The fraction of sp³-hybridized carbons (Fsp3) is 0.526. The highest BCUT2D eigenvalue weighted by Crippen LogP contribution is 2.46. The molecule has 0 aliphatic carbocycles. The smallest absolute Gasteiger partial charge is 0.251 e. The van der Waals surface area contributed by atoms with E-state index in [2.05, 4.69) is 26.6 Å². The van der Waals surface area contributed by atoms with Gasteiger partial charge in [-0.2, -0.15) is 0 Å². The topological polar surface area (TPSA) is 190 Å². The maximum Gasteiger partial charge on any atom is 0.251 e. The van der Waals surface area contributed by atoms with Crippen molar-refractivity contribution in [2.45, 2.75) is 66.1 Å². The summed E-state index contributed by atoms with van der Waals surface area (Å²) in [6.07, 6.45) is 1.54. The van der Waals surface area contributed by atoms with E-state index in [0.29, 0.717) is 73.7 Å². The number of carbonyl (C=O) groups excluding carboxylic acids is 5. The number of ether oxygens (including phenoxy) is 2. The molecule has 4 amide bonds. The maximum absolute atomic E-state index is 13.9. The standard InChI is InChI=1S/C38H56N6O7S/c1-7-37(3,34(48)41-22-11-21-40-33(47)29-17-15-28(16-18-29)31(45)27-13-9-8-10-14-27)38(4,20-19-26(2)32(39)46)35(49)42-23-12-24-43-36(52)44-25-30(50-5)51-6/h8-10,13-18,26,30H,7,11-12,19-25H2,1-6H3,(H2,39,46)(H,40,47)(H,41,48)(H,42,49)(H2,43,44,52). The fourth-order valence-corrected chi connectivity index (χ4v) is 5.78. The predicted molar refractivity (Wildman–Crippen MR) is 204 cm³/mol. The molecule has 0 radical (unpaired) electrons. The molecule has 0 saturated carbocycles. The van der Waals surface area contributed by atoms with Crippen molar-refractivity contribution < 1.29 is 33.4 Å². The van der Waals surface area contributed by atoms with E-state index in [4.69, 9.17) is 27.4 Å². The number of hydrogen-bond donors (Lipinski definition) is 6. The summed E-state index contributed by atoms with van der Waals surface area (Å²) >= 11 is 5.28. The number of rotatable bonds is 23. The zero-order valence-corrected chi connectivity index (χ0v) is 32.1. The second-order valence-electron chi connectivity index (χ2n) is 13.1. The van der Waals surface area contributed by atoms with Gasteiger partial charge in [0.1, 0.15) is 0 Å². The van der Waals surface area contributed by atoms with Crippen LogP contribution in [0.2, 0.25) is 0 Å². The monoisotopic (exact) mass is 740 g/mol. The first-order valence-electron chi connectivity index (χ1n) is 17.6. The van der Waals surface area contributed by atoms with Crippen molar-refractivity contribution in [3.05, 3.63) is 71.3 Å². The quantitative estimate of drug-likeness (QED) is 0.0428. The average Bonchev–Trinajstić information content (AvgIpc) is 3.16. The Balaban J connectivity index is 1.94. The first-order chi connectivity index (χ1) is 24.7. The normalized spacial score (nSPS) is 13.9. The van der Waals surface area contributed by atoms with Gasteiger partial charge in [-0.3, -0.25) is 24.0 Å². The van der Waals surface area contributed by atoms with Gasteiger partial charge in [0.15, 0.2) is 17.2 Å². The molecular weight excluding hydrogens is 685 g/mol. The van der Waals surface area contributed by atoms with Crippen LogP contribution in [0.5, 0.6) is 0 Å². The summed E-state index contributed by atoms with van der Waals surface area (Å²) < 4.78 is 10.3. The molecule has 0 heterocycles. The van der Waals surface area contributed by atoms with Crippen molar-refractivity contribution in [3.8, 4) is 0 Å². The van der Waals surface area contributed by atoms with Crippen LogP contribution in [-0.2, 0) is 23.9 Å². The van der Waals surface area contributed by atoms with Gasteiger partial charge in [-0.1, -0.05) is 56.3 Å². The third-order valence-electron chi connectivity index (χ3n) is 9.74. The van der Waals surface area contributed by atoms with Gasteiger partial charge in [0.2, 0.25) is 17.7 Å². The highest BCUT2D eigenvalue weighted by molar-refractivity contribution is 7.80. The van der Waals surface area contributed by atoms with Crippen molar-refractivity contribution in [1.29, 1.82) is 0 Å². The molecule has 0 aliphatic heterocycles. The van der Waals surface area contributed by atoms with Gasteiger partial charge in [-0.25, -0.2) is 0 Å². The Hall–Kier alpha value is -4.40. The molecule has 0 fully saturated rings. The third-order valence-corrected chi connectivity index (χ3v) is 10.0. The minimum Gasteiger partial charge on any atom is -0.369 e. The Kier molecular flexibility index (Phi) is 18.4. The number of methoxy groups -OCH3 is 2. The zero-order chi connectivity index (χ0) is 38.7. The number of primary amides is 1. The fourth-order valence-electron chi connectivity index (χ4n) is 5.60. The summed E-state index contributed by atoms with van der Waals surface area (Å²) in [5.41, 5.74) is 4.70. The molecule has 0 spiro atoms. The second kappa shape index (κ2) is 21.8. The van der Waals surface area contributed by atoms with Crippen LogP contribution in [0.25, 0.3) is 0 Å². The molecule has 13 nitrogen and oxygen atoms in total. The SMILES string of the molecule is CCC(C)(C(=O)NCCCNC(=O)c1ccc(C(=O)c2ccccc2)cc1)C(C)(CCC(C)C(N)=O)C(=O)NCCCNC(=S)NCC(OC)OC. The van der Waals surface area contributed by atoms with E-state index < -0.39 is 28.9 Å². The summed E-state index contributed by atoms with van der Waals surface area (Å²) in [6.45, 7) is 8.86. The van der Waals surface area contributed by atoms with Gasteiger partial charge in [0, 0.05) is 63.0 Å². The lowest BCUT2D eigenvalue weighted by Gasteiger charge is -2.44. The molecule has 0 aromatic heterocycles. The van der Waals surface area contributed by atoms with Crippen LogP contribution in [0.3, 0.4) is 0 Å². The number of thiocarbonyl (C=S) groups is 1. The van der Waals surface area contributed by atoms with Crippen molar-refractivity contribution in [2.75, 3.05) is 46.9 Å². The van der Waals surface area contributed by atoms with Gasteiger partial charge < -0.3 is 41.8 Å². The Bertz CT molecular complexity index is 1490. The van der Waals surface area contributed by atoms with Crippen molar-refractivity contribution in [1.82, 2.24) is 26.6 Å². The second-order valence-corrected chi connectivity index (χ2v) is 13.6. The van der Waals surface area contributed by atoms with Crippen molar-refractivity contribution >= 4 is 46.7 Å². The molecule has 2 rings (SSSR count). The number of nitrogens with one attached hydrogen (secondary N) is 5. The van der Waals surface area contributed by atoms with E-state index in [1.54, 1.807) is 69.3 Å². The van der Waals surface area contributed by atoms with E-state index in [9.17, 15) is 24.0 Å².